The van der Waals surface area contributed by atoms with E-state index in [1.54, 1.807) is 7.11 Å². The van der Waals surface area contributed by atoms with Gasteiger partial charge in [-0.25, -0.2) is 14.8 Å². The fourth-order valence-electron chi connectivity index (χ4n) is 4.82. The number of nitrogens with zero attached hydrogens (tertiary/aromatic N) is 4. The van der Waals surface area contributed by atoms with Crippen LogP contribution in [0.2, 0.25) is 0 Å². The number of aliphatic hydroxyl groups is 1. The van der Waals surface area contributed by atoms with E-state index in [1.807, 2.05) is 24.4 Å². The predicted octanol–water partition coefficient (Wildman–Crippen LogP) is 2.02. The second-order valence-corrected chi connectivity index (χ2v) is 10.1. The SMILES string of the molecule is COc1ccccc1CN(Cc1ccnc(N2CCCC2)n1)CC1CCCO1.O=C(O)CC(O)(CC(=O)O)C(=O)O. The summed E-state index contributed by atoms with van der Waals surface area (Å²) in [5.41, 5.74) is -0.487. The first-order valence-electron chi connectivity index (χ1n) is 13.5. The fraction of sp³-hybridized carbons (Fsp3) is 0.536. The Labute approximate surface area is 238 Å². The minimum absolute atomic E-state index is 0.301. The molecule has 1 aromatic heterocycles. The number of benzene rings is 1. The quantitative estimate of drug-likeness (QED) is 0.273. The van der Waals surface area contributed by atoms with Gasteiger partial charge in [-0.15, -0.1) is 0 Å². The van der Waals surface area contributed by atoms with Gasteiger partial charge in [0, 0.05) is 51.1 Å². The Morgan fingerprint density at radius 2 is 1.73 bits per heavy atom. The lowest BCUT2D eigenvalue weighted by Crippen LogP contribution is -2.42. The summed E-state index contributed by atoms with van der Waals surface area (Å²) in [4.78, 5) is 44.5. The van der Waals surface area contributed by atoms with Crippen LogP contribution in [0.25, 0.3) is 0 Å². The zero-order chi connectivity index (χ0) is 29.8. The summed E-state index contributed by atoms with van der Waals surface area (Å²) in [6.07, 6.45) is 4.64. The summed E-state index contributed by atoms with van der Waals surface area (Å²) in [5.74, 6) is -3.22. The standard InChI is InChI=1S/C22H30N4O2.C6H8O7/c1-27-21-9-3-2-7-18(21)15-25(17-20-8-6-14-28-20)16-19-10-11-23-22(24-19)26-12-4-5-13-26;7-3(8)1-6(13,5(11)12)2-4(9)10/h2-3,7,9-11,20H,4-6,8,12-17H2,1H3;13H,1-2H2,(H,7,8)(H,9,10)(H,11,12). The van der Waals surface area contributed by atoms with Crippen molar-refractivity contribution >= 4 is 23.9 Å². The number of aromatic nitrogens is 2. The van der Waals surface area contributed by atoms with Gasteiger partial charge in [-0.2, -0.15) is 0 Å². The van der Waals surface area contributed by atoms with E-state index in [2.05, 4.69) is 26.9 Å². The Hall–Kier alpha value is -3.81. The van der Waals surface area contributed by atoms with Crippen LogP contribution in [0.1, 0.15) is 49.8 Å². The molecule has 224 valence electrons. The lowest BCUT2D eigenvalue weighted by atomic mass is 9.96. The van der Waals surface area contributed by atoms with Crippen LogP contribution in [0.5, 0.6) is 5.75 Å². The molecule has 13 heteroatoms. The number of carbonyl (C=O) groups is 3. The minimum Gasteiger partial charge on any atom is -0.496 e. The molecule has 13 nitrogen and oxygen atoms in total. The van der Waals surface area contributed by atoms with Gasteiger partial charge in [0.15, 0.2) is 5.60 Å². The highest BCUT2D eigenvalue weighted by atomic mass is 16.5. The third kappa shape index (κ3) is 9.95. The molecular weight excluding hydrogens is 536 g/mol. The summed E-state index contributed by atoms with van der Waals surface area (Å²) in [5, 5.41) is 33.8. The molecule has 2 aliphatic heterocycles. The number of anilines is 1. The number of ether oxygens (including phenoxy) is 2. The number of rotatable bonds is 13. The monoisotopic (exact) mass is 574 g/mol. The lowest BCUT2D eigenvalue weighted by molar-refractivity contribution is -0.170. The van der Waals surface area contributed by atoms with Gasteiger partial charge < -0.3 is 34.8 Å². The molecule has 1 atom stereocenters. The van der Waals surface area contributed by atoms with Gasteiger partial charge >= 0.3 is 17.9 Å². The number of para-hydroxylation sites is 1. The second kappa shape index (κ2) is 15.3. The van der Waals surface area contributed by atoms with Crippen LogP contribution >= 0.6 is 0 Å². The van der Waals surface area contributed by atoms with E-state index >= 15 is 0 Å². The molecule has 0 amide bonds. The van der Waals surface area contributed by atoms with E-state index in [0.29, 0.717) is 6.10 Å². The van der Waals surface area contributed by atoms with E-state index in [-0.39, 0.29) is 0 Å². The van der Waals surface area contributed by atoms with E-state index < -0.39 is 36.4 Å². The first-order chi connectivity index (χ1) is 19.6. The maximum absolute atomic E-state index is 10.3. The lowest BCUT2D eigenvalue weighted by Gasteiger charge is -2.26. The molecule has 0 bridgehead atoms. The highest BCUT2D eigenvalue weighted by Crippen LogP contribution is 2.23. The van der Waals surface area contributed by atoms with Crippen molar-refractivity contribution in [3.63, 3.8) is 0 Å². The molecule has 0 spiro atoms. The van der Waals surface area contributed by atoms with Crippen molar-refractivity contribution in [3.05, 3.63) is 47.8 Å². The number of hydrogen-bond acceptors (Lipinski definition) is 10. The van der Waals surface area contributed by atoms with Crippen molar-refractivity contribution in [2.75, 3.05) is 38.3 Å². The van der Waals surface area contributed by atoms with Crippen molar-refractivity contribution in [1.29, 1.82) is 0 Å². The van der Waals surface area contributed by atoms with Crippen LogP contribution in [0, 0.1) is 0 Å². The summed E-state index contributed by atoms with van der Waals surface area (Å²) >= 11 is 0. The van der Waals surface area contributed by atoms with Gasteiger partial charge in [0.25, 0.3) is 0 Å². The fourth-order valence-corrected chi connectivity index (χ4v) is 4.82. The maximum atomic E-state index is 10.3. The smallest absolute Gasteiger partial charge is 0.336 e. The summed E-state index contributed by atoms with van der Waals surface area (Å²) in [6, 6.07) is 10.3. The molecule has 2 aliphatic rings. The number of carboxylic acid groups (broad SMARTS) is 3. The normalized spacial score (nSPS) is 16.8. The van der Waals surface area contributed by atoms with Gasteiger partial charge in [-0.3, -0.25) is 14.5 Å². The van der Waals surface area contributed by atoms with Crippen molar-refractivity contribution in [2.24, 2.45) is 0 Å². The van der Waals surface area contributed by atoms with Gasteiger partial charge in [-0.05, 0) is 37.8 Å². The average Bonchev–Trinajstić information content (AvgIpc) is 3.63. The van der Waals surface area contributed by atoms with Crippen LogP contribution in [0.15, 0.2) is 36.5 Å². The van der Waals surface area contributed by atoms with Crippen LogP contribution < -0.4 is 9.64 Å². The van der Waals surface area contributed by atoms with Gasteiger partial charge in [0.2, 0.25) is 5.95 Å². The van der Waals surface area contributed by atoms with E-state index in [1.165, 1.54) is 18.4 Å². The molecule has 2 saturated heterocycles. The van der Waals surface area contributed by atoms with E-state index in [9.17, 15) is 14.4 Å². The molecule has 4 rings (SSSR count). The Bertz CT molecular complexity index is 1150. The first kappa shape index (κ1) is 31.7. The van der Waals surface area contributed by atoms with Gasteiger partial charge in [-0.1, -0.05) is 18.2 Å². The second-order valence-electron chi connectivity index (χ2n) is 10.1. The predicted molar refractivity (Wildman–Crippen MR) is 147 cm³/mol. The van der Waals surface area contributed by atoms with Crippen molar-refractivity contribution in [1.82, 2.24) is 14.9 Å². The minimum atomic E-state index is -2.74. The number of methoxy groups -OCH3 is 1. The third-order valence-corrected chi connectivity index (χ3v) is 6.83. The number of hydrogen-bond donors (Lipinski definition) is 4. The highest BCUT2D eigenvalue weighted by molar-refractivity contribution is 5.88. The summed E-state index contributed by atoms with van der Waals surface area (Å²) in [6.45, 7) is 5.49. The molecule has 2 fully saturated rings. The van der Waals surface area contributed by atoms with E-state index in [4.69, 9.17) is 34.9 Å². The Morgan fingerprint density at radius 3 is 2.32 bits per heavy atom. The first-order valence-corrected chi connectivity index (χ1v) is 13.5. The summed E-state index contributed by atoms with van der Waals surface area (Å²) in [7, 11) is 1.73. The van der Waals surface area contributed by atoms with Gasteiger partial charge in [0.1, 0.15) is 5.75 Å². The Morgan fingerprint density at radius 1 is 1.05 bits per heavy atom. The number of carboxylic acids is 3. The molecule has 0 radical (unpaired) electrons. The van der Waals surface area contributed by atoms with E-state index in [0.717, 1.165) is 69.6 Å². The molecule has 0 saturated carbocycles. The largest absolute Gasteiger partial charge is 0.496 e. The molecular formula is C28H38N4O9. The molecule has 4 N–H and O–H groups in total. The van der Waals surface area contributed by atoms with Crippen LogP contribution in [0.4, 0.5) is 5.95 Å². The topological polar surface area (TPSA) is 183 Å². The Kier molecular flexibility index (Phi) is 11.8. The van der Waals surface area contributed by atoms with Crippen molar-refractivity contribution in [2.45, 2.75) is 63.3 Å². The third-order valence-electron chi connectivity index (χ3n) is 6.83. The van der Waals surface area contributed by atoms with Crippen molar-refractivity contribution < 1.29 is 44.3 Å². The molecule has 0 aliphatic carbocycles. The van der Waals surface area contributed by atoms with Crippen LogP contribution in [0.3, 0.4) is 0 Å². The molecule has 1 unspecified atom stereocenters. The summed E-state index contributed by atoms with van der Waals surface area (Å²) < 4.78 is 11.5. The molecule has 2 aromatic rings. The van der Waals surface area contributed by atoms with Crippen LogP contribution in [-0.4, -0.2) is 98.3 Å². The van der Waals surface area contributed by atoms with Crippen molar-refractivity contribution in [3.8, 4) is 5.75 Å². The maximum Gasteiger partial charge on any atom is 0.336 e. The molecule has 1 aromatic carbocycles. The zero-order valence-corrected chi connectivity index (χ0v) is 23.1. The number of aliphatic carboxylic acids is 3. The van der Waals surface area contributed by atoms with Crippen LogP contribution in [-0.2, 0) is 32.2 Å². The highest BCUT2D eigenvalue weighted by Gasteiger charge is 2.40. The molecule has 41 heavy (non-hydrogen) atoms. The average molecular weight is 575 g/mol. The Balaban J connectivity index is 0.000000302. The van der Waals surface area contributed by atoms with Gasteiger partial charge in [0.05, 0.1) is 31.7 Å². The molecule has 3 heterocycles. The zero-order valence-electron chi connectivity index (χ0n) is 23.1.